The third kappa shape index (κ3) is 10.8. The van der Waals surface area contributed by atoms with Crippen molar-refractivity contribution in [3.63, 3.8) is 0 Å². The van der Waals surface area contributed by atoms with Crippen molar-refractivity contribution in [3.05, 3.63) is 100 Å². The van der Waals surface area contributed by atoms with Crippen LogP contribution in [0.25, 0.3) is 11.3 Å². The van der Waals surface area contributed by atoms with Gasteiger partial charge in [-0.05, 0) is 29.7 Å². The van der Waals surface area contributed by atoms with Crippen LogP contribution in [0.5, 0.6) is 0 Å². The van der Waals surface area contributed by atoms with Gasteiger partial charge in [0.05, 0.1) is 12.5 Å². The fraction of sp³-hybridized carbons (Fsp3) is 0.241. The molecule has 1 aromatic heterocycles. The highest BCUT2D eigenvalue weighted by Gasteiger charge is 2.21. The van der Waals surface area contributed by atoms with Gasteiger partial charge >= 0.3 is 6.03 Å². The highest BCUT2D eigenvalue weighted by atomic mass is 35.5. The molecule has 0 saturated carbocycles. The summed E-state index contributed by atoms with van der Waals surface area (Å²) in [4.78, 5) is 19.5. The molecular formula is C29H33Cl2N5O5S3. The number of nitrogens with zero attached hydrogens (tertiary/aromatic N) is 2. The van der Waals surface area contributed by atoms with Crippen molar-refractivity contribution in [2.45, 2.75) is 12.3 Å². The van der Waals surface area contributed by atoms with Crippen molar-refractivity contribution < 1.29 is 21.6 Å². The molecule has 0 unspecified atom stereocenters. The van der Waals surface area contributed by atoms with E-state index in [1.54, 1.807) is 29.2 Å². The Bertz CT molecular complexity index is 1700. The number of thiazole rings is 1. The molecule has 0 atom stereocenters. The maximum atomic E-state index is 13.5. The maximum Gasteiger partial charge on any atom is 0.323 e. The van der Waals surface area contributed by atoms with Gasteiger partial charge in [0.2, 0.25) is 20.0 Å². The lowest BCUT2D eigenvalue weighted by Gasteiger charge is -2.26. The Morgan fingerprint density at radius 3 is 1.95 bits per heavy atom. The van der Waals surface area contributed by atoms with E-state index in [4.69, 9.17) is 11.6 Å². The average Bonchev–Trinajstić information content (AvgIpc) is 3.31. The lowest BCUT2D eigenvalue weighted by Crippen LogP contribution is -2.41. The van der Waals surface area contributed by atoms with E-state index in [9.17, 15) is 21.6 Å². The third-order valence-corrected chi connectivity index (χ3v) is 8.89. The lowest BCUT2D eigenvalue weighted by molar-refractivity contribution is 0.211. The van der Waals surface area contributed by atoms with E-state index in [1.807, 2.05) is 36.4 Å². The molecule has 44 heavy (non-hydrogen) atoms. The van der Waals surface area contributed by atoms with Crippen molar-refractivity contribution in [1.29, 1.82) is 0 Å². The topological polar surface area (TPSA) is 138 Å². The highest BCUT2D eigenvalue weighted by Crippen LogP contribution is 2.36. The summed E-state index contributed by atoms with van der Waals surface area (Å²) >= 11 is 7.55. The lowest BCUT2D eigenvalue weighted by atomic mass is 9.88. The molecule has 236 valence electrons. The number of benzene rings is 3. The van der Waals surface area contributed by atoms with Crippen LogP contribution in [0, 0.1) is 0 Å². The number of hydrogen-bond acceptors (Lipinski definition) is 7. The van der Waals surface area contributed by atoms with Crippen molar-refractivity contribution in [2.75, 3.05) is 42.2 Å². The Morgan fingerprint density at radius 2 is 1.43 bits per heavy atom. The van der Waals surface area contributed by atoms with Crippen molar-refractivity contribution in [3.8, 4) is 11.3 Å². The molecule has 0 aliphatic rings. The molecule has 2 amide bonds. The second-order valence-corrected chi connectivity index (χ2v) is 15.0. The number of carbonyl (C=O) groups excluding carboxylic acids is 1. The Labute approximate surface area is 273 Å². The van der Waals surface area contributed by atoms with Gasteiger partial charge in [-0.15, -0.1) is 12.4 Å². The zero-order valence-electron chi connectivity index (χ0n) is 23.9. The number of urea groups is 1. The van der Waals surface area contributed by atoms with Crippen LogP contribution in [0.1, 0.15) is 23.5 Å². The summed E-state index contributed by atoms with van der Waals surface area (Å²) in [5.41, 5.74) is 3.69. The molecule has 0 radical (unpaired) electrons. The Morgan fingerprint density at radius 1 is 0.864 bits per heavy atom. The van der Waals surface area contributed by atoms with Crippen LogP contribution in [0.4, 0.5) is 15.6 Å². The van der Waals surface area contributed by atoms with Crippen molar-refractivity contribution in [1.82, 2.24) is 14.6 Å². The van der Waals surface area contributed by atoms with E-state index < -0.39 is 26.1 Å². The predicted molar refractivity (Wildman–Crippen MR) is 181 cm³/mol. The van der Waals surface area contributed by atoms with Crippen molar-refractivity contribution >= 4 is 72.2 Å². The van der Waals surface area contributed by atoms with Gasteiger partial charge in [0.25, 0.3) is 0 Å². The summed E-state index contributed by atoms with van der Waals surface area (Å²) in [6, 6.07) is 26.1. The van der Waals surface area contributed by atoms with Gasteiger partial charge in [-0.25, -0.2) is 31.3 Å². The number of aromatic nitrogens is 1. The summed E-state index contributed by atoms with van der Waals surface area (Å²) in [7, 11) is -6.86. The molecule has 0 aliphatic heterocycles. The number of rotatable bonds is 13. The number of sulfonamides is 2. The minimum Gasteiger partial charge on any atom is -0.323 e. The van der Waals surface area contributed by atoms with Gasteiger partial charge in [0.15, 0.2) is 5.13 Å². The summed E-state index contributed by atoms with van der Waals surface area (Å²) in [5.74, 6) is 0.0154. The molecule has 0 bridgehead atoms. The molecular weight excluding hydrogens is 665 g/mol. The zero-order valence-corrected chi connectivity index (χ0v) is 28.0. The predicted octanol–water partition coefficient (Wildman–Crippen LogP) is 5.86. The number of anilines is 2. The van der Waals surface area contributed by atoms with Crippen LogP contribution >= 0.6 is 35.3 Å². The molecule has 0 spiro atoms. The van der Waals surface area contributed by atoms with Gasteiger partial charge in [0, 0.05) is 36.8 Å². The number of amides is 2. The smallest absolute Gasteiger partial charge is 0.323 e. The number of hydrogen-bond donors (Lipinski definition) is 3. The van der Waals surface area contributed by atoms with Crippen LogP contribution < -0.4 is 14.8 Å². The van der Waals surface area contributed by atoms with E-state index in [-0.39, 0.29) is 36.5 Å². The highest BCUT2D eigenvalue weighted by molar-refractivity contribution is 7.92. The maximum absolute atomic E-state index is 13.5. The second-order valence-electron chi connectivity index (χ2n) is 9.84. The number of carbonyl (C=O) groups is 1. The van der Waals surface area contributed by atoms with Gasteiger partial charge in [-0.1, -0.05) is 95.7 Å². The monoisotopic (exact) mass is 697 g/mol. The molecule has 1 heterocycles. The van der Waals surface area contributed by atoms with Gasteiger partial charge in [0.1, 0.15) is 10.0 Å². The summed E-state index contributed by atoms with van der Waals surface area (Å²) in [6.45, 7) is 0.522. The van der Waals surface area contributed by atoms with Crippen LogP contribution in [-0.4, -0.2) is 64.9 Å². The fourth-order valence-corrected chi connectivity index (χ4v) is 6.58. The van der Waals surface area contributed by atoms with E-state index in [2.05, 4.69) is 44.0 Å². The van der Waals surface area contributed by atoms with E-state index >= 15 is 0 Å². The summed E-state index contributed by atoms with van der Waals surface area (Å²) in [5, 5.41) is 3.08. The van der Waals surface area contributed by atoms with Crippen molar-refractivity contribution in [2.24, 2.45) is 0 Å². The average molecular weight is 699 g/mol. The van der Waals surface area contributed by atoms with E-state index in [0.29, 0.717) is 34.2 Å². The van der Waals surface area contributed by atoms with Gasteiger partial charge in [-0.3, -0.25) is 10.0 Å². The molecule has 0 aliphatic carbocycles. The summed E-state index contributed by atoms with van der Waals surface area (Å²) in [6.07, 6.45) is 2.73. The zero-order chi connectivity index (χ0) is 31.0. The minimum absolute atomic E-state index is 0. The van der Waals surface area contributed by atoms with E-state index in [1.165, 1.54) is 0 Å². The number of halogens is 2. The Balaban J connectivity index is 0.00000529. The van der Waals surface area contributed by atoms with Crippen LogP contribution in [0.15, 0.2) is 84.9 Å². The molecule has 10 nitrogen and oxygen atoms in total. The standard InChI is InChI=1S/C29H32ClN5O5S3.ClH/c1-42(37,38)31-18-20-35(19-17-25(21-9-5-3-6-10-21)22-11-7-4-8-12-22)29(36)33-28-32-26(27(30)41-28)23-13-15-24(16-14-23)34-43(2,39)40;/h3-16,25,31,34H,17-20H2,1-2H3,(H,32,33,36);1H. The molecule has 0 fully saturated rings. The first-order valence-corrected chi connectivity index (χ1v) is 18.2. The third-order valence-electron chi connectivity index (χ3n) is 6.39. The van der Waals surface area contributed by atoms with Crippen LogP contribution in [-0.2, 0) is 20.0 Å². The minimum atomic E-state index is -3.44. The Kier molecular flexibility index (Phi) is 12.6. The van der Waals surface area contributed by atoms with Crippen LogP contribution in [0.3, 0.4) is 0 Å². The first kappa shape index (κ1) is 35.3. The van der Waals surface area contributed by atoms with Gasteiger partial charge in [-0.2, -0.15) is 0 Å². The Hall–Kier alpha value is -3.20. The van der Waals surface area contributed by atoms with Crippen LogP contribution in [0.2, 0.25) is 4.34 Å². The second kappa shape index (κ2) is 15.7. The first-order chi connectivity index (χ1) is 20.4. The summed E-state index contributed by atoms with van der Waals surface area (Å²) < 4.78 is 51.6. The normalized spacial score (nSPS) is 11.5. The molecule has 3 N–H and O–H groups in total. The molecule has 4 aromatic rings. The largest absolute Gasteiger partial charge is 0.323 e. The molecule has 15 heteroatoms. The quantitative estimate of drug-likeness (QED) is 0.160. The molecule has 0 saturated heterocycles. The number of nitrogens with one attached hydrogen (secondary N) is 3. The SMILES string of the molecule is CS(=O)(=O)NCCN(CCC(c1ccccc1)c1ccccc1)C(=O)Nc1nc(-c2ccc(NS(C)(=O)=O)cc2)c(Cl)s1.Cl. The first-order valence-electron chi connectivity index (χ1n) is 13.2. The molecule has 4 rings (SSSR count). The molecule has 3 aromatic carbocycles. The van der Waals surface area contributed by atoms with Gasteiger partial charge < -0.3 is 4.90 Å². The van der Waals surface area contributed by atoms with E-state index in [0.717, 1.165) is 35.0 Å². The fourth-order valence-electron chi connectivity index (χ4n) is 4.48.